The molecule has 2 unspecified atom stereocenters. The van der Waals surface area contributed by atoms with Crippen molar-refractivity contribution in [2.45, 2.75) is 104 Å². The Labute approximate surface area is 205 Å². The third kappa shape index (κ3) is 7.03. The van der Waals surface area contributed by atoms with Gasteiger partial charge in [0.05, 0.1) is 12.2 Å². The van der Waals surface area contributed by atoms with Gasteiger partial charge in [0.15, 0.2) is 0 Å². The van der Waals surface area contributed by atoms with E-state index in [1.807, 2.05) is 12.1 Å². The van der Waals surface area contributed by atoms with Crippen LogP contribution in [0, 0.1) is 0 Å². The van der Waals surface area contributed by atoms with Gasteiger partial charge in [0.25, 0.3) is 0 Å². The topological polar surface area (TPSA) is 18.5 Å². The largest absolute Gasteiger partial charge is 0.489 e. The SMILES string of the molecule is CCCCCCC(C)Oc1c2ccccc2c(OC(C)CCCCCC)c2cc(Cl)ccc12. The second-order valence-electron chi connectivity index (χ2n) is 9.45. The van der Waals surface area contributed by atoms with Crippen molar-refractivity contribution in [2.75, 3.05) is 0 Å². The van der Waals surface area contributed by atoms with E-state index in [0.29, 0.717) is 0 Å². The lowest BCUT2D eigenvalue weighted by Crippen LogP contribution is -2.14. The molecule has 3 heteroatoms. The zero-order valence-corrected chi connectivity index (χ0v) is 21.7. The predicted octanol–water partition coefficient (Wildman–Crippen LogP) is 10.1. The van der Waals surface area contributed by atoms with E-state index in [2.05, 4.69) is 58.0 Å². The molecule has 0 fully saturated rings. The van der Waals surface area contributed by atoms with Crippen LogP contribution in [0.25, 0.3) is 21.5 Å². The Morgan fingerprint density at radius 2 is 1.12 bits per heavy atom. The maximum absolute atomic E-state index is 6.61. The van der Waals surface area contributed by atoms with Gasteiger partial charge < -0.3 is 9.47 Å². The third-order valence-electron chi connectivity index (χ3n) is 6.45. The number of rotatable bonds is 14. The van der Waals surface area contributed by atoms with E-state index in [1.165, 1.54) is 51.4 Å². The molecule has 0 aromatic heterocycles. The molecule has 0 aliphatic carbocycles. The number of ether oxygens (including phenoxy) is 2. The van der Waals surface area contributed by atoms with Crippen LogP contribution in [0.5, 0.6) is 11.5 Å². The Balaban J connectivity index is 1.95. The van der Waals surface area contributed by atoms with Gasteiger partial charge in [0.2, 0.25) is 0 Å². The van der Waals surface area contributed by atoms with Crippen LogP contribution in [0.2, 0.25) is 5.02 Å². The van der Waals surface area contributed by atoms with E-state index >= 15 is 0 Å². The van der Waals surface area contributed by atoms with Crippen molar-refractivity contribution in [2.24, 2.45) is 0 Å². The molecule has 3 aromatic carbocycles. The summed E-state index contributed by atoms with van der Waals surface area (Å²) < 4.78 is 13.2. The molecule has 0 N–H and O–H groups in total. The lowest BCUT2D eigenvalue weighted by atomic mass is 10.00. The average Bonchev–Trinajstić information content (AvgIpc) is 2.81. The van der Waals surface area contributed by atoms with Crippen LogP contribution in [-0.2, 0) is 0 Å². The summed E-state index contributed by atoms with van der Waals surface area (Å²) in [5.74, 6) is 1.87. The van der Waals surface area contributed by atoms with Gasteiger partial charge in [-0.3, -0.25) is 0 Å². The molecular weight excluding hydrogens is 428 g/mol. The lowest BCUT2D eigenvalue weighted by Gasteiger charge is -2.23. The van der Waals surface area contributed by atoms with Gasteiger partial charge >= 0.3 is 0 Å². The van der Waals surface area contributed by atoms with Crippen LogP contribution >= 0.6 is 11.6 Å². The van der Waals surface area contributed by atoms with Gasteiger partial charge in [-0.15, -0.1) is 0 Å². The summed E-state index contributed by atoms with van der Waals surface area (Å²) in [6.45, 7) is 8.86. The highest BCUT2D eigenvalue weighted by Gasteiger charge is 2.19. The average molecular weight is 469 g/mol. The zero-order chi connectivity index (χ0) is 23.6. The lowest BCUT2D eigenvalue weighted by molar-refractivity contribution is 0.207. The summed E-state index contributed by atoms with van der Waals surface area (Å²) in [7, 11) is 0. The van der Waals surface area contributed by atoms with Crippen LogP contribution < -0.4 is 9.47 Å². The number of benzene rings is 3. The third-order valence-corrected chi connectivity index (χ3v) is 6.69. The van der Waals surface area contributed by atoms with Crippen molar-refractivity contribution in [1.29, 1.82) is 0 Å². The first kappa shape index (κ1) is 25.7. The second-order valence-corrected chi connectivity index (χ2v) is 9.89. The minimum Gasteiger partial charge on any atom is -0.489 e. The summed E-state index contributed by atoms with van der Waals surface area (Å²) >= 11 is 6.46. The molecule has 2 atom stereocenters. The fraction of sp³-hybridized carbons (Fsp3) is 0.533. The number of hydrogen-bond acceptors (Lipinski definition) is 2. The van der Waals surface area contributed by atoms with Crippen LogP contribution in [0.15, 0.2) is 42.5 Å². The fourth-order valence-electron chi connectivity index (χ4n) is 4.56. The summed E-state index contributed by atoms with van der Waals surface area (Å²) in [6.07, 6.45) is 12.5. The van der Waals surface area contributed by atoms with Crippen molar-refractivity contribution >= 4 is 33.1 Å². The molecule has 0 bridgehead atoms. The molecule has 0 aliphatic heterocycles. The summed E-state index contributed by atoms with van der Waals surface area (Å²) in [5.41, 5.74) is 0. The fourth-order valence-corrected chi connectivity index (χ4v) is 4.74. The zero-order valence-electron chi connectivity index (χ0n) is 21.0. The van der Waals surface area contributed by atoms with Gasteiger partial charge in [-0.05, 0) is 57.7 Å². The van der Waals surface area contributed by atoms with E-state index < -0.39 is 0 Å². The van der Waals surface area contributed by atoms with Gasteiger partial charge in [-0.25, -0.2) is 0 Å². The molecule has 0 spiro atoms. The molecule has 33 heavy (non-hydrogen) atoms. The van der Waals surface area contributed by atoms with E-state index in [1.54, 1.807) is 0 Å². The standard InChI is InChI=1S/C30H41ClO2/c1-5-7-9-11-15-22(3)32-29-25-17-13-14-18-26(25)30(28-21-24(31)19-20-27(28)29)33-23(4)16-12-10-8-6-2/h13-14,17-23H,5-12,15-16H2,1-4H3. The first-order valence-corrected chi connectivity index (χ1v) is 13.4. The Morgan fingerprint density at radius 3 is 1.64 bits per heavy atom. The Bertz CT molecular complexity index is 1010. The normalized spacial score (nSPS) is 13.4. The van der Waals surface area contributed by atoms with Gasteiger partial charge in [-0.1, -0.05) is 88.2 Å². The van der Waals surface area contributed by atoms with Crippen LogP contribution in [-0.4, -0.2) is 12.2 Å². The van der Waals surface area contributed by atoms with E-state index in [4.69, 9.17) is 21.1 Å². The smallest absolute Gasteiger partial charge is 0.135 e. The first-order valence-electron chi connectivity index (χ1n) is 13.0. The summed E-state index contributed by atoms with van der Waals surface area (Å²) in [4.78, 5) is 0. The molecule has 0 radical (unpaired) electrons. The second kappa shape index (κ2) is 13.1. The molecule has 0 saturated heterocycles. The first-order chi connectivity index (χ1) is 16.0. The quantitative estimate of drug-likeness (QED) is 0.173. The molecule has 180 valence electrons. The molecule has 3 rings (SSSR count). The van der Waals surface area contributed by atoms with Gasteiger partial charge in [0.1, 0.15) is 11.5 Å². The molecule has 2 nitrogen and oxygen atoms in total. The number of fused-ring (bicyclic) bond motifs is 2. The summed E-state index contributed by atoms with van der Waals surface area (Å²) in [5, 5.41) is 5.04. The minimum absolute atomic E-state index is 0.150. The van der Waals surface area contributed by atoms with Crippen molar-refractivity contribution in [3.05, 3.63) is 47.5 Å². The molecule has 0 saturated carbocycles. The van der Waals surface area contributed by atoms with Crippen molar-refractivity contribution in [1.82, 2.24) is 0 Å². The number of hydrogen-bond donors (Lipinski definition) is 0. The Morgan fingerprint density at radius 1 is 0.636 bits per heavy atom. The highest BCUT2D eigenvalue weighted by Crippen LogP contribution is 2.44. The van der Waals surface area contributed by atoms with Crippen molar-refractivity contribution in [3.8, 4) is 11.5 Å². The van der Waals surface area contributed by atoms with Crippen LogP contribution in [0.1, 0.15) is 91.9 Å². The molecule has 0 aliphatic rings. The van der Waals surface area contributed by atoms with Gasteiger partial charge in [-0.2, -0.15) is 0 Å². The highest BCUT2D eigenvalue weighted by molar-refractivity contribution is 6.31. The molecule has 0 heterocycles. The van der Waals surface area contributed by atoms with E-state index in [-0.39, 0.29) is 12.2 Å². The van der Waals surface area contributed by atoms with Crippen molar-refractivity contribution in [3.63, 3.8) is 0 Å². The molecule has 0 amide bonds. The summed E-state index contributed by atoms with van der Waals surface area (Å²) in [6, 6.07) is 14.5. The van der Waals surface area contributed by atoms with Crippen molar-refractivity contribution < 1.29 is 9.47 Å². The monoisotopic (exact) mass is 468 g/mol. The maximum Gasteiger partial charge on any atom is 0.135 e. The molecular formula is C30H41ClO2. The van der Waals surface area contributed by atoms with Crippen LogP contribution in [0.4, 0.5) is 0 Å². The minimum atomic E-state index is 0.150. The van der Waals surface area contributed by atoms with E-state index in [9.17, 15) is 0 Å². The maximum atomic E-state index is 6.61. The van der Waals surface area contributed by atoms with Gasteiger partial charge in [0, 0.05) is 26.6 Å². The number of halogens is 1. The Kier molecular flexibility index (Phi) is 10.2. The predicted molar refractivity (Wildman–Crippen MR) is 144 cm³/mol. The molecule has 3 aromatic rings. The Hall–Kier alpha value is -1.93. The van der Waals surface area contributed by atoms with Crippen LogP contribution in [0.3, 0.4) is 0 Å². The van der Waals surface area contributed by atoms with E-state index in [0.717, 1.165) is 50.9 Å². The highest BCUT2D eigenvalue weighted by atomic mass is 35.5. The number of unbranched alkanes of at least 4 members (excludes halogenated alkanes) is 6.